The summed E-state index contributed by atoms with van der Waals surface area (Å²) in [5, 5.41) is 0.627. The van der Waals surface area contributed by atoms with Crippen molar-refractivity contribution in [3.05, 3.63) is 29.3 Å². The summed E-state index contributed by atoms with van der Waals surface area (Å²) in [6, 6.07) is 5.95. The fourth-order valence-electron chi connectivity index (χ4n) is 3.26. The molecule has 1 aliphatic carbocycles. The summed E-state index contributed by atoms with van der Waals surface area (Å²) in [7, 11) is -3.02. The summed E-state index contributed by atoms with van der Waals surface area (Å²) in [6.45, 7) is 4.09. The van der Waals surface area contributed by atoms with Crippen LogP contribution in [-0.2, 0) is 14.6 Å². The number of aliphatic imine (C=N–C) groups is 1. The van der Waals surface area contributed by atoms with Gasteiger partial charge in [0.1, 0.15) is 0 Å². The quantitative estimate of drug-likeness (QED) is 0.806. The van der Waals surface area contributed by atoms with E-state index < -0.39 is 9.84 Å². The van der Waals surface area contributed by atoms with E-state index in [0.29, 0.717) is 5.17 Å². The lowest BCUT2D eigenvalue weighted by molar-refractivity contribution is -0.118. The Hall–Kier alpha value is -1.34. The molecule has 1 aromatic carbocycles. The number of amides is 1. The Kier molecular flexibility index (Phi) is 3.76. The molecule has 2 aliphatic heterocycles. The van der Waals surface area contributed by atoms with Crippen molar-refractivity contribution in [1.82, 2.24) is 0 Å². The zero-order valence-electron chi connectivity index (χ0n) is 13.7. The van der Waals surface area contributed by atoms with Crippen molar-refractivity contribution in [2.45, 2.75) is 38.0 Å². The standard InChI is InChI=1S/C17H20N2O3S2/c1-10-3-6-13(7-11(10)2)19-14-8-24(21,22)9-15(14)23-17(19)18-16(20)12-4-5-12/h3,6-7,12,14-15H,4-5,8-9H2,1-2H3. The number of amidine groups is 1. The fraction of sp³-hybridized carbons (Fsp3) is 0.529. The number of rotatable bonds is 2. The molecule has 1 amide bonds. The van der Waals surface area contributed by atoms with Gasteiger partial charge < -0.3 is 4.90 Å². The Labute approximate surface area is 146 Å². The van der Waals surface area contributed by atoms with Gasteiger partial charge in [-0.3, -0.25) is 4.79 Å². The van der Waals surface area contributed by atoms with Gasteiger partial charge in [0.15, 0.2) is 15.0 Å². The number of aryl methyl sites for hydroxylation is 2. The maximum Gasteiger partial charge on any atom is 0.251 e. The summed E-state index contributed by atoms with van der Waals surface area (Å²) in [5.74, 6) is 0.312. The predicted octanol–water partition coefficient (Wildman–Crippen LogP) is 2.31. The maximum absolute atomic E-state index is 12.2. The van der Waals surface area contributed by atoms with E-state index in [2.05, 4.69) is 11.1 Å². The zero-order chi connectivity index (χ0) is 17.1. The smallest absolute Gasteiger partial charge is 0.251 e. The van der Waals surface area contributed by atoms with Crippen molar-refractivity contribution >= 4 is 38.4 Å². The Morgan fingerprint density at radius 1 is 1.21 bits per heavy atom. The summed E-state index contributed by atoms with van der Waals surface area (Å²) < 4.78 is 24.1. The van der Waals surface area contributed by atoms with Gasteiger partial charge >= 0.3 is 0 Å². The van der Waals surface area contributed by atoms with Crippen molar-refractivity contribution in [2.75, 3.05) is 16.4 Å². The number of carbonyl (C=O) groups is 1. The molecule has 7 heteroatoms. The van der Waals surface area contributed by atoms with Gasteiger partial charge in [-0.2, -0.15) is 4.99 Å². The Morgan fingerprint density at radius 3 is 2.62 bits per heavy atom. The molecule has 3 aliphatic rings. The molecular formula is C17H20N2O3S2. The monoisotopic (exact) mass is 364 g/mol. The molecule has 0 radical (unpaired) electrons. The second-order valence-electron chi connectivity index (χ2n) is 6.95. The lowest BCUT2D eigenvalue weighted by Gasteiger charge is -2.25. The van der Waals surface area contributed by atoms with Gasteiger partial charge in [0.25, 0.3) is 5.91 Å². The van der Waals surface area contributed by atoms with Gasteiger partial charge in [0.2, 0.25) is 0 Å². The highest BCUT2D eigenvalue weighted by atomic mass is 32.2. The highest BCUT2D eigenvalue weighted by Gasteiger charge is 2.49. The second-order valence-corrected chi connectivity index (χ2v) is 10.3. The number of hydrogen-bond acceptors (Lipinski definition) is 4. The number of benzene rings is 1. The molecule has 3 fully saturated rings. The number of nitrogens with zero attached hydrogens (tertiary/aromatic N) is 2. The molecule has 4 rings (SSSR count). The highest BCUT2D eigenvalue weighted by molar-refractivity contribution is 8.16. The average molecular weight is 364 g/mol. The second kappa shape index (κ2) is 5.59. The van der Waals surface area contributed by atoms with E-state index in [1.807, 2.05) is 30.9 Å². The maximum atomic E-state index is 12.2. The van der Waals surface area contributed by atoms with Crippen molar-refractivity contribution in [3.8, 4) is 0 Å². The normalized spacial score (nSPS) is 29.9. The van der Waals surface area contributed by atoms with Crippen LogP contribution in [0.4, 0.5) is 5.69 Å². The Balaban J connectivity index is 1.74. The summed E-state index contributed by atoms with van der Waals surface area (Å²) >= 11 is 1.45. The van der Waals surface area contributed by atoms with E-state index in [1.165, 1.54) is 17.3 Å². The SMILES string of the molecule is Cc1ccc(N2C(=NC(=O)C3CC3)SC3CS(=O)(=O)CC32)cc1C. The molecule has 128 valence electrons. The molecule has 1 aromatic rings. The summed E-state index contributed by atoms with van der Waals surface area (Å²) in [4.78, 5) is 18.5. The Bertz CT molecular complexity index is 843. The van der Waals surface area contributed by atoms with Crippen molar-refractivity contribution in [2.24, 2.45) is 10.9 Å². The number of anilines is 1. The molecule has 1 saturated carbocycles. The fourth-order valence-corrected chi connectivity index (χ4v) is 7.18. The van der Waals surface area contributed by atoms with E-state index in [1.54, 1.807) is 0 Å². The van der Waals surface area contributed by atoms with Crippen molar-refractivity contribution in [1.29, 1.82) is 0 Å². The first-order valence-corrected chi connectivity index (χ1v) is 10.9. The number of sulfone groups is 1. The van der Waals surface area contributed by atoms with Crippen LogP contribution in [0.1, 0.15) is 24.0 Å². The lowest BCUT2D eigenvalue weighted by atomic mass is 10.1. The van der Waals surface area contributed by atoms with E-state index in [-0.39, 0.29) is 34.6 Å². The van der Waals surface area contributed by atoms with Gasteiger partial charge in [-0.05, 0) is 49.9 Å². The molecule has 2 heterocycles. The van der Waals surface area contributed by atoms with Gasteiger partial charge in [-0.25, -0.2) is 8.42 Å². The molecule has 0 spiro atoms. The van der Waals surface area contributed by atoms with Crippen LogP contribution in [0.2, 0.25) is 0 Å². The first-order chi connectivity index (χ1) is 11.3. The van der Waals surface area contributed by atoms with E-state index in [4.69, 9.17) is 0 Å². The number of fused-ring (bicyclic) bond motifs is 1. The molecule has 24 heavy (non-hydrogen) atoms. The van der Waals surface area contributed by atoms with Crippen molar-refractivity contribution in [3.63, 3.8) is 0 Å². The first kappa shape index (κ1) is 16.1. The van der Waals surface area contributed by atoms with Crippen LogP contribution in [0, 0.1) is 19.8 Å². The lowest BCUT2D eigenvalue weighted by Crippen LogP contribution is -2.37. The third-order valence-corrected chi connectivity index (χ3v) is 8.18. The van der Waals surface area contributed by atoms with Crippen LogP contribution >= 0.6 is 11.8 Å². The van der Waals surface area contributed by atoms with Gasteiger partial charge in [-0.1, -0.05) is 17.8 Å². The third kappa shape index (κ3) is 2.88. The topological polar surface area (TPSA) is 66.8 Å². The summed E-state index contributed by atoms with van der Waals surface area (Å²) in [5.41, 5.74) is 3.26. The van der Waals surface area contributed by atoms with Crippen LogP contribution in [0.5, 0.6) is 0 Å². The summed E-state index contributed by atoms with van der Waals surface area (Å²) in [6.07, 6.45) is 1.84. The molecule has 2 saturated heterocycles. The van der Waals surface area contributed by atoms with Crippen molar-refractivity contribution < 1.29 is 13.2 Å². The number of carbonyl (C=O) groups excluding carboxylic acids is 1. The minimum atomic E-state index is -3.02. The third-order valence-electron chi connectivity index (χ3n) is 4.97. The number of thioether (sulfide) groups is 1. The highest BCUT2D eigenvalue weighted by Crippen LogP contribution is 2.42. The average Bonchev–Trinajstić information content (AvgIpc) is 3.23. The van der Waals surface area contributed by atoms with Gasteiger partial charge in [-0.15, -0.1) is 0 Å². The van der Waals surface area contributed by atoms with Gasteiger partial charge in [0, 0.05) is 16.9 Å². The van der Waals surface area contributed by atoms with E-state index in [0.717, 1.165) is 24.1 Å². The zero-order valence-corrected chi connectivity index (χ0v) is 15.4. The molecule has 0 bridgehead atoms. The molecule has 2 atom stereocenters. The molecule has 5 nitrogen and oxygen atoms in total. The van der Waals surface area contributed by atoms with Crippen LogP contribution in [-0.4, -0.2) is 42.3 Å². The first-order valence-electron chi connectivity index (χ1n) is 8.20. The largest absolute Gasteiger partial charge is 0.316 e. The molecule has 0 aromatic heterocycles. The predicted molar refractivity (Wildman–Crippen MR) is 97.4 cm³/mol. The van der Waals surface area contributed by atoms with Crippen LogP contribution < -0.4 is 4.90 Å². The molecule has 0 N–H and O–H groups in total. The van der Waals surface area contributed by atoms with Crippen LogP contribution in [0.25, 0.3) is 0 Å². The van der Waals surface area contributed by atoms with Crippen LogP contribution in [0.3, 0.4) is 0 Å². The minimum Gasteiger partial charge on any atom is -0.316 e. The molecular weight excluding hydrogens is 344 g/mol. The molecule has 2 unspecified atom stereocenters. The minimum absolute atomic E-state index is 0.0395. The number of hydrogen-bond donors (Lipinski definition) is 0. The van der Waals surface area contributed by atoms with Crippen LogP contribution in [0.15, 0.2) is 23.2 Å². The van der Waals surface area contributed by atoms with E-state index >= 15 is 0 Å². The van der Waals surface area contributed by atoms with E-state index in [9.17, 15) is 13.2 Å². The Morgan fingerprint density at radius 2 is 1.96 bits per heavy atom. The van der Waals surface area contributed by atoms with Gasteiger partial charge in [0.05, 0.1) is 17.5 Å².